The maximum Gasteiger partial charge on any atom is 0.150 e. The Morgan fingerprint density at radius 1 is 1.57 bits per heavy atom. The average molecular weight is 189 g/mol. The van der Waals surface area contributed by atoms with E-state index in [2.05, 4.69) is 17.2 Å². The van der Waals surface area contributed by atoms with Crippen molar-refractivity contribution in [1.29, 1.82) is 0 Å². The fourth-order valence-electron chi connectivity index (χ4n) is 0.955. The minimum atomic E-state index is 0.0965. The van der Waals surface area contributed by atoms with Crippen LogP contribution in [0.15, 0.2) is 18.2 Å². The summed E-state index contributed by atoms with van der Waals surface area (Å²) in [5.74, 6) is 5.67. The minimum Gasteiger partial charge on any atom is -0.507 e. The number of phenols is 1. The molecule has 14 heavy (non-hydrogen) atoms. The molecule has 0 aliphatic heterocycles. The smallest absolute Gasteiger partial charge is 0.150 e. The second-order valence-electron chi connectivity index (χ2n) is 2.73. The SMILES string of the molecule is CNCC#Cc1cc(C=O)ccc1O. The van der Waals surface area contributed by atoms with E-state index >= 15 is 0 Å². The molecule has 0 aromatic heterocycles. The first-order chi connectivity index (χ1) is 6.77. The lowest BCUT2D eigenvalue weighted by Crippen LogP contribution is -2.04. The maximum atomic E-state index is 10.5. The van der Waals surface area contributed by atoms with Gasteiger partial charge in [-0.1, -0.05) is 11.8 Å². The lowest BCUT2D eigenvalue weighted by molar-refractivity contribution is 0.112. The van der Waals surface area contributed by atoms with Gasteiger partial charge in [-0.05, 0) is 25.2 Å². The molecule has 0 saturated carbocycles. The van der Waals surface area contributed by atoms with Crippen LogP contribution >= 0.6 is 0 Å². The standard InChI is InChI=1S/C11H11NO2/c1-12-6-2-3-10-7-9(8-13)4-5-11(10)14/h4-5,7-8,12,14H,6H2,1H3. The van der Waals surface area contributed by atoms with Crippen molar-refractivity contribution in [3.05, 3.63) is 29.3 Å². The molecule has 0 saturated heterocycles. The minimum absolute atomic E-state index is 0.0965. The Morgan fingerprint density at radius 3 is 3.00 bits per heavy atom. The first-order valence-corrected chi connectivity index (χ1v) is 4.19. The molecule has 0 unspecified atom stereocenters. The third-order valence-electron chi connectivity index (χ3n) is 1.64. The Bertz CT molecular complexity index is 388. The lowest BCUT2D eigenvalue weighted by atomic mass is 10.1. The molecule has 1 aromatic carbocycles. The monoisotopic (exact) mass is 189 g/mol. The Hall–Kier alpha value is -1.79. The first-order valence-electron chi connectivity index (χ1n) is 4.19. The molecule has 1 aromatic rings. The van der Waals surface area contributed by atoms with Gasteiger partial charge in [0.15, 0.2) is 0 Å². The van der Waals surface area contributed by atoms with Crippen LogP contribution in [0.4, 0.5) is 0 Å². The fraction of sp³-hybridized carbons (Fsp3) is 0.182. The number of aldehydes is 1. The molecule has 72 valence electrons. The van der Waals surface area contributed by atoms with Gasteiger partial charge in [-0.25, -0.2) is 0 Å². The van der Waals surface area contributed by atoms with E-state index in [0.29, 0.717) is 17.7 Å². The average Bonchev–Trinajstić information content (AvgIpc) is 2.21. The van der Waals surface area contributed by atoms with Gasteiger partial charge in [0.1, 0.15) is 12.0 Å². The third-order valence-corrected chi connectivity index (χ3v) is 1.64. The quantitative estimate of drug-likeness (QED) is 0.534. The molecule has 3 nitrogen and oxygen atoms in total. The number of carbonyl (C=O) groups excluding carboxylic acids is 1. The summed E-state index contributed by atoms with van der Waals surface area (Å²) in [4.78, 5) is 10.5. The fourth-order valence-corrected chi connectivity index (χ4v) is 0.955. The van der Waals surface area contributed by atoms with Crippen LogP contribution < -0.4 is 5.32 Å². The number of hydrogen-bond donors (Lipinski definition) is 2. The summed E-state index contributed by atoms with van der Waals surface area (Å²) in [5.41, 5.74) is 0.987. The normalized spacial score (nSPS) is 8.93. The molecular formula is C11H11NO2. The van der Waals surface area contributed by atoms with E-state index in [1.807, 2.05) is 0 Å². The predicted molar refractivity (Wildman–Crippen MR) is 54.3 cm³/mol. The van der Waals surface area contributed by atoms with Crippen LogP contribution in [0.2, 0.25) is 0 Å². The van der Waals surface area contributed by atoms with E-state index in [9.17, 15) is 9.90 Å². The van der Waals surface area contributed by atoms with Gasteiger partial charge in [-0.3, -0.25) is 4.79 Å². The molecule has 0 amide bonds. The predicted octanol–water partition coefficient (Wildman–Crippen LogP) is 0.776. The molecule has 0 atom stereocenters. The van der Waals surface area contributed by atoms with Crippen molar-refractivity contribution >= 4 is 6.29 Å². The molecular weight excluding hydrogens is 178 g/mol. The van der Waals surface area contributed by atoms with E-state index in [1.165, 1.54) is 6.07 Å². The van der Waals surface area contributed by atoms with Gasteiger partial charge in [-0.15, -0.1) is 0 Å². The van der Waals surface area contributed by atoms with Gasteiger partial charge >= 0.3 is 0 Å². The Labute approximate surface area is 82.8 Å². The van der Waals surface area contributed by atoms with Crippen LogP contribution in [0.1, 0.15) is 15.9 Å². The molecule has 1 rings (SSSR count). The second-order valence-corrected chi connectivity index (χ2v) is 2.73. The second kappa shape index (κ2) is 5.05. The lowest BCUT2D eigenvalue weighted by Gasteiger charge is -1.96. The van der Waals surface area contributed by atoms with Crippen LogP contribution in [0.5, 0.6) is 5.75 Å². The zero-order valence-corrected chi connectivity index (χ0v) is 7.87. The number of rotatable bonds is 2. The summed E-state index contributed by atoms with van der Waals surface area (Å²) in [6, 6.07) is 4.57. The van der Waals surface area contributed by atoms with Crippen molar-refractivity contribution in [2.45, 2.75) is 0 Å². The zero-order chi connectivity index (χ0) is 10.4. The number of phenolic OH excluding ortho intramolecular Hbond substituents is 1. The van der Waals surface area contributed by atoms with Crippen molar-refractivity contribution in [3.63, 3.8) is 0 Å². The van der Waals surface area contributed by atoms with E-state index in [1.54, 1.807) is 19.2 Å². The molecule has 0 aliphatic rings. The number of hydrogen-bond acceptors (Lipinski definition) is 3. The molecule has 0 bridgehead atoms. The Morgan fingerprint density at radius 2 is 2.36 bits per heavy atom. The Balaban J connectivity index is 2.96. The summed E-state index contributed by atoms with van der Waals surface area (Å²) in [5, 5.41) is 12.3. The molecule has 2 N–H and O–H groups in total. The number of benzene rings is 1. The number of aromatic hydroxyl groups is 1. The molecule has 0 heterocycles. The molecule has 0 fully saturated rings. The van der Waals surface area contributed by atoms with Gasteiger partial charge in [0.05, 0.1) is 12.1 Å². The van der Waals surface area contributed by atoms with Crippen LogP contribution in [0.3, 0.4) is 0 Å². The summed E-state index contributed by atoms with van der Waals surface area (Å²) in [7, 11) is 1.79. The van der Waals surface area contributed by atoms with E-state index in [4.69, 9.17) is 0 Å². The highest BCUT2D eigenvalue weighted by Crippen LogP contribution is 2.16. The summed E-state index contributed by atoms with van der Waals surface area (Å²) in [6.07, 6.45) is 0.725. The Kier molecular flexibility index (Phi) is 3.71. The van der Waals surface area contributed by atoms with Crippen molar-refractivity contribution in [2.75, 3.05) is 13.6 Å². The van der Waals surface area contributed by atoms with Crippen molar-refractivity contribution < 1.29 is 9.90 Å². The van der Waals surface area contributed by atoms with Crippen LogP contribution in [0.25, 0.3) is 0 Å². The van der Waals surface area contributed by atoms with E-state index in [-0.39, 0.29) is 5.75 Å². The van der Waals surface area contributed by atoms with Crippen LogP contribution in [0, 0.1) is 11.8 Å². The van der Waals surface area contributed by atoms with Crippen LogP contribution in [-0.4, -0.2) is 25.0 Å². The topological polar surface area (TPSA) is 49.3 Å². The summed E-state index contributed by atoms with van der Waals surface area (Å²) >= 11 is 0. The molecule has 0 spiro atoms. The highest BCUT2D eigenvalue weighted by Gasteiger charge is 1.98. The highest BCUT2D eigenvalue weighted by molar-refractivity contribution is 5.76. The summed E-state index contributed by atoms with van der Waals surface area (Å²) in [6.45, 7) is 0.546. The van der Waals surface area contributed by atoms with Gasteiger partial charge in [0.25, 0.3) is 0 Å². The first kappa shape index (κ1) is 10.3. The summed E-state index contributed by atoms with van der Waals surface area (Å²) < 4.78 is 0. The van der Waals surface area contributed by atoms with Gasteiger partial charge in [-0.2, -0.15) is 0 Å². The van der Waals surface area contributed by atoms with Crippen molar-refractivity contribution in [2.24, 2.45) is 0 Å². The maximum absolute atomic E-state index is 10.5. The third kappa shape index (κ3) is 2.61. The van der Waals surface area contributed by atoms with Crippen molar-refractivity contribution in [3.8, 4) is 17.6 Å². The zero-order valence-electron chi connectivity index (χ0n) is 7.87. The van der Waals surface area contributed by atoms with E-state index in [0.717, 1.165) is 6.29 Å². The van der Waals surface area contributed by atoms with Gasteiger partial charge < -0.3 is 10.4 Å². The molecule has 0 radical (unpaired) electrons. The van der Waals surface area contributed by atoms with E-state index < -0.39 is 0 Å². The molecule has 0 aliphatic carbocycles. The van der Waals surface area contributed by atoms with Gasteiger partial charge in [0, 0.05) is 5.56 Å². The van der Waals surface area contributed by atoms with Crippen molar-refractivity contribution in [1.82, 2.24) is 5.32 Å². The number of nitrogens with one attached hydrogen (secondary N) is 1. The largest absolute Gasteiger partial charge is 0.507 e. The molecule has 3 heteroatoms. The highest BCUT2D eigenvalue weighted by atomic mass is 16.3. The van der Waals surface area contributed by atoms with Gasteiger partial charge in [0.2, 0.25) is 0 Å². The van der Waals surface area contributed by atoms with Crippen LogP contribution in [-0.2, 0) is 0 Å². The number of carbonyl (C=O) groups is 1.